The van der Waals surface area contributed by atoms with Crippen molar-refractivity contribution < 1.29 is 13.9 Å². The molecular formula is C17H13BrN2O3. The number of ether oxygens (including phenoxy) is 1. The molecule has 1 aromatic carbocycles. The van der Waals surface area contributed by atoms with Gasteiger partial charge < -0.3 is 14.5 Å². The van der Waals surface area contributed by atoms with Gasteiger partial charge in [0.15, 0.2) is 0 Å². The lowest BCUT2D eigenvalue weighted by molar-refractivity contribution is 0.0945. The summed E-state index contributed by atoms with van der Waals surface area (Å²) < 4.78 is 11.8. The first kappa shape index (κ1) is 15.3. The van der Waals surface area contributed by atoms with Gasteiger partial charge >= 0.3 is 0 Å². The van der Waals surface area contributed by atoms with Crippen molar-refractivity contribution in [2.75, 3.05) is 0 Å². The highest BCUT2D eigenvalue weighted by Gasteiger charge is 2.14. The van der Waals surface area contributed by atoms with E-state index in [1.165, 1.54) is 0 Å². The topological polar surface area (TPSA) is 64.4 Å². The molecule has 0 fully saturated rings. The Morgan fingerprint density at radius 1 is 1.17 bits per heavy atom. The summed E-state index contributed by atoms with van der Waals surface area (Å²) in [5.74, 6) is 1.26. The first-order valence-electron chi connectivity index (χ1n) is 6.91. The standard InChI is InChI=1S/C17H13BrN2O3/c18-12-5-7-13(8-6-12)23-17-15(4-1-9-19-17)16(21)20-11-14-3-2-10-22-14/h1-10H,11H2,(H,20,21). The molecule has 0 aliphatic heterocycles. The van der Waals surface area contributed by atoms with Crippen molar-refractivity contribution in [1.82, 2.24) is 10.3 Å². The molecule has 3 aromatic rings. The fourth-order valence-corrected chi connectivity index (χ4v) is 2.20. The van der Waals surface area contributed by atoms with Gasteiger partial charge in [-0.15, -0.1) is 0 Å². The summed E-state index contributed by atoms with van der Waals surface area (Å²) in [5.41, 5.74) is 0.363. The van der Waals surface area contributed by atoms with Crippen LogP contribution in [0.25, 0.3) is 0 Å². The van der Waals surface area contributed by atoms with Crippen molar-refractivity contribution in [1.29, 1.82) is 0 Å². The van der Waals surface area contributed by atoms with E-state index in [-0.39, 0.29) is 11.8 Å². The van der Waals surface area contributed by atoms with Crippen LogP contribution >= 0.6 is 15.9 Å². The number of furan rings is 1. The van der Waals surface area contributed by atoms with Gasteiger partial charge in [-0.2, -0.15) is 0 Å². The molecule has 0 radical (unpaired) electrons. The predicted molar refractivity (Wildman–Crippen MR) is 88.3 cm³/mol. The molecular weight excluding hydrogens is 360 g/mol. The monoisotopic (exact) mass is 372 g/mol. The number of nitrogens with zero attached hydrogens (tertiary/aromatic N) is 1. The van der Waals surface area contributed by atoms with Gasteiger partial charge in [0, 0.05) is 10.7 Å². The third kappa shape index (κ3) is 3.98. The van der Waals surface area contributed by atoms with Crippen molar-refractivity contribution in [3.05, 3.63) is 76.8 Å². The van der Waals surface area contributed by atoms with E-state index >= 15 is 0 Å². The van der Waals surface area contributed by atoms with Crippen LogP contribution in [0.5, 0.6) is 11.6 Å². The maximum Gasteiger partial charge on any atom is 0.257 e. The normalized spacial score (nSPS) is 10.3. The fraction of sp³-hybridized carbons (Fsp3) is 0.0588. The molecule has 0 aliphatic rings. The Hall–Kier alpha value is -2.60. The molecule has 0 atom stereocenters. The molecule has 3 rings (SSSR count). The predicted octanol–water partition coefficient (Wildman–Crippen LogP) is 4.16. The SMILES string of the molecule is O=C(NCc1ccco1)c1cccnc1Oc1ccc(Br)cc1. The zero-order valence-electron chi connectivity index (χ0n) is 12.0. The number of benzene rings is 1. The second-order valence-electron chi connectivity index (χ2n) is 4.67. The lowest BCUT2D eigenvalue weighted by Gasteiger charge is -2.10. The van der Waals surface area contributed by atoms with Crippen molar-refractivity contribution in [3.8, 4) is 11.6 Å². The van der Waals surface area contributed by atoms with Crippen LogP contribution in [-0.2, 0) is 6.54 Å². The van der Waals surface area contributed by atoms with Crippen molar-refractivity contribution in [2.24, 2.45) is 0 Å². The summed E-state index contributed by atoms with van der Waals surface area (Å²) in [6.45, 7) is 0.304. The van der Waals surface area contributed by atoms with E-state index in [0.29, 0.717) is 23.6 Å². The second kappa shape index (κ2) is 7.11. The number of carbonyl (C=O) groups excluding carboxylic acids is 1. The van der Waals surface area contributed by atoms with Gasteiger partial charge in [0.2, 0.25) is 5.88 Å². The van der Waals surface area contributed by atoms with E-state index in [2.05, 4.69) is 26.2 Å². The molecule has 1 N–H and O–H groups in total. The van der Waals surface area contributed by atoms with E-state index in [4.69, 9.17) is 9.15 Å². The minimum Gasteiger partial charge on any atom is -0.467 e. The average Bonchev–Trinajstić information content (AvgIpc) is 3.09. The van der Waals surface area contributed by atoms with Crippen LogP contribution in [0, 0.1) is 0 Å². The summed E-state index contributed by atoms with van der Waals surface area (Å²) in [6.07, 6.45) is 3.14. The van der Waals surface area contributed by atoms with Crippen LogP contribution in [0.1, 0.15) is 16.1 Å². The average molecular weight is 373 g/mol. The highest BCUT2D eigenvalue weighted by atomic mass is 79.9. The number of carbonyl (C=O) groups is 1. The number of halogens is 1. The van der Waals surface area contributed by atoms with Crippen LogP contribution in [0.2, 0.25) is 0 Å². The lowest BCUT2D eigenvalue weighted by Crippen LogP contribution is -2.23. The third-order valence-corrected chi connectivity index (χ3v) is 3.58. The highest BCUT2D eigenvalue weighted by molar-refractivity contribution is 9.10. The minimum atomic E-state index is -0.276. The molecule has 6 heteroatoms. The van der Waals surface area contributed by atoms with Gasteiger partial charge in [-0.1, -0.05) is 15.9 Å². The van der Waals surface area contributed by atoms with Gasteiger partial charge in [-0.3, -0.25) is 4.79 Å². The Labute approximate surface area is 141 Å². The van der Waals surface area contributed by atoms with Gasteiger partial charge in [-0.05, 0) is 48.5 Å². The third-order valence-electron chi connectivity index (χ3n) is 3.05. The number of pyridine rings is 1. The first-order valence-corrected chi connectivity index (χ1v) is 7.71. The van der Waals surface area contributed by atoms with Gasteiger partial charge in [-0.25, -0.2) is 4.98 Å². The molecule has 23 heavy (non-hydrogen) atoms. The Morgan fingerprint density at radius 3 is 2.74 bits per heavy atom. The number of amides is 1. The molecule has 5 nitrogen and oxygen atoms in total. The van der Waals surface area contributed by atoms with Crippen molar-refractivity contribution >= 4 is 21.8 Å². The van der Waals surface area contributed by atoms with Crippen molar-refractivity contribution in [2.45, 2.75) is 6.54 Å². The van der Waals surface area contributed by atoms with E-state index < -0.39 is 0 Å². The smallest absolute Gasteiger partial charge is 0.257 e. The molecule has 2 aromatic heterocycles. The molecule has 0 aliphatic carbocycles. The Morgan fingerprint density at radius 2 is 2.00 bits per heavy atom. The van der Waals surface area contributed by atoms with E-state index in [9.17, 15) is 4.79 Å². The van der Waals surface area contributed by atoms with Gasteiger partial charge in [0.1, 0.15) is 17.1 Å². The van der Waals surface area contributed by atoms with Crippen LogP contribution < -0.4 is 10.1 Å². The van der Waals surface area contributed by atoms with Crippen LogP contribution in [0.3, 0.4) is 0 Å². The largest absolute Gasteiger partial charge is 0.467 e. The summed E-state index contributed by atoms with van der Waals surface area (Å²) >= 11 is 3.36. The number of hydrogen-bond acceptors (Lipinski definition) is 4. The summed E-state index contributed by atoms with van der Waals surface area (Å²) in [4.78, 5) is 16.5. The van der Waals surface area contributed by atoms with Crippen LogP contribution in [0.15, 0.2) is 69.9 Å². The quantitative estimate of drug-likeness (QED) is 0.730. The number of nitrogens with one attached hydrogen (secondary N) is 1. The number of aromatic nitrogens is 1. The van der Waals surface area contributed by atoms with E-state index in [0.717, 1.165) is 4.47 Å². The van der Waals surface area contributed by atoms with E-state index in [1.807, 2.05) is 12.1 Å². The Kier molecular flexibility index (Phi) is 4.73. The Balaban J connectivity index is 1.74. The summed E-state index contributed by atoms with van der Waals surface area (Å²) in [6, 6.07) is 14.2. The maximum atomic E-state index is 12.3. The molecule has 2 heterocycles. The van der Waals surface area contributed by atoms with Gasteiger partial charge in [0.05, 0.1) is 12.8 Å². The molecule has 0 saturated carbocycles. The summed E-state index contributed by atoms with van der Waals surface area (Å²) in [5, 5.41) is 2.78. The molecule has 0 bridgehead atoms. The first-order chi connectivity index (χ1) is 11.2. The van der Waals surface area contributed by atoms with E-state index in [1.54, 1.807) is 48.9 Å². The van der Waals surface area contributed by atoms with Crippen LogP contribution in [-0.4, -0.2) is 10.9 Å². The summed E-state index contributed by atoms with van der Waals surface area (Å²) in [7, 11) is 0. The second-order valence-corrected chi connectivity index (χ2v) is 5.59. The number of hydrogen-bond donors (Lipinski definition) is 1. The zero-order valence-corrected chi connectivity index (χ0v) is 13.6. The highest BCUT2D eigenvalue weighted by Crippen LogP contribution is 2.24. The molecule has 116 valence electrons. The fourth-order valence-electron chi connectivity index (χ4n) is 1.94. The zero-order chi connectivity index (χ0) is 16.1. The molecule has 1 amide bonds. The van der Waals surface area contributed by atoms with Crippen molar-refractivity contribution in [3.63, 3.8) is 0 Å². The van der Waals surface area contributed by atoms with Crippen LogP contribution in [0.4, 0.5) is 0 Å². The maximum absolute atomic E-state index is 12.3. The molecule has 0 spiro atoms. The molecule has 0 unspecified atom stereocenters. The number of rotatable bonds is 5. The lowest BCUT2D eigenvalue weighted by atomic mass is 10.2. The minimum absolute atomic E-state index is 0.256. The Bertz CT molecular complexity index is 786. The molecule has 0 saturated heterocycles. The van der Waals surface area contributed by atoms with Gasteiger partial charge in [0.25, 0.3) is 5.91 Å².